The number of amides is 1. The maximum absolute atomic E-state index is 11.3. The molecule has 2 unspecified atom stereocenters. The molecule has 0 aromatic carbocycles. The Hall–Kier alpha value is -0.750. The molecule has 0 aromatic heterocycles. The Bertz CT molecular complexity index is 309. The van der Waals surface area contributed by atoms with Gasteiger partial charge in [-0.2, -0.15) is 0 Å². The first kappa shape index (κ1) is 9.79. The highest BCUT2D eigenvalue weighted by Crippen LogP contribution is 2.40. The van der Waals surface area contributed by atoms with Gasteiger partial charge >= 0.3 is 5.97 Å². The molecule has 0 aliphatic carbocycles. The molecule has 2 aliphatic heterocycles. The van der Waals surface area contributed by atoms with E-state index in [1.807, 2.05) is 0 Å². The molecule has 2 fully saturated rings. The molecule has 0 saturated carbocycles. The highest BCUT2D eigenvalue weighted by molar-refractivity contribution is 8.00. The van der Waals surface area contributed by atoms with Crippen LogP contribution in [0.15, 0.2) is 0 Å². The van der Waals surface area contributed by atoms with Gasteiger partial charge in [0.15, 0.2) is 0 Å². The number of carboxylic acid groups (broad SMARTS) is 1. The van der Waals surface area contributed by atoms with Crippen molar-refractivity contribution in [1.82, 2.24) is 4.90 Å². The Labute approximate surface area is 85.6 Å². The quantitative estimate of drug-likeness (QED) is 0.567. The third-order valence-corrected chi connectivity index (χ3v) is 4.48. The van der Waals surface area contributed by atoms with Gasteiger partial charge in [0, 0.05) is 12.3 Å². The predicted octanol–water partition coefficient (Wildman–Crippen LogP) is -0.680. The van der Waals surface area contributed by atoms with Crippen LogP contribution >= 0.6 is 11.8 Å². The van der Waals surface area contributed by atoms with Crippen LogP contribution in [0.4, 0.5) is 0 Å². The lowest BCUT2D eigenvalue weighted by Crippen LogP contribution is -2.71. The summed E-state index contributed by atoms with van der Waals surface area (Å²) in [4.78, 5) is 23.8. The van der Waals surface area contributed by atoms with Crippen LogP contribution in [0.1, 0.15) is 6.92 Å². The average Bonchev–Trinajstić information content (AvgIpc) is 2.16. The van der Waals surface area contributed by atoms with Gasteiger partial charge in [-0.05, 0) is 6.92 Å². The van der Waals surface area contributed by atoms with Gasteiger partial charge < -0.3 is 15.7 Å². The lowest BCUT2D eigenvalue weighted by molar-refractivity contribution is -0.155. The second kappa shape index (κ2) is 2.87. The van der Waals surface area contributed by atoms with Gasteiger partial charge in [-0.15, -0.1) is 11.8 Å². The molecular formula is C8H12N2O3S. The van der Waals surface area contributed by atoms with Crippen molar-refractivity contribution in [3.63, 3.8) is 0 Å². The van der Waals surface area contributed by atoms with Crippen LogP contribution in [0.2, 0.25) is 0 Å². The summed E-state index contributed by atoms with van der Waals surface area (Å²) in [5, 5.41) is 8.99. The van der Waals surface area contributed by atoms with Crippen molar-refractivity contribution in [2.24, 2.45) is 11.1 Å². The van der Waals surface area contributed by atoms with E-state index in [1.165, 1.54) is 11.8 Å². The first-order chi connectivity index (χ1) is 6.46. The van der Waals surface area contributed by atoms with E-state index in [1.54, 1.807) is 11.8 Å². The van der Waals surface area contributed by atoms with E-state index in [0.717, 1.165) is 0 Å². The number of carboxylic acids is 1. The SMILES string of the molecule is CC1(C(=O)O)CS[C@@H]2C(N)C(=O)N2C1. The van der Waals surface area contributed by atoms with Crippen LogP contribution < -0.4 is 5.73 Å². The second-order valence-corrected chi connectivity index (χ2v) is 5.16. The number of rotatable bonds is 1. The van der Waals surface area contributed by atoms with Gasteiger partial charge in [0.25, 0.3) is 0 Å². The molecule has 6 heteroatoms. The minimum atomic E-state index is -0.850. The molecular weight excluding hydrogens is 204 g/mol. The predicted molar refractivity (Wildman–Crippen MR) is 51.7 cm³/mol. The lowest BCUT2D eigenvalue weighted by Gasteiger charge is -2.51. The van der Waals surface area contributed by atoms with Gasteiger partial charge in [-0.25, -0.2) is 0 Å². The first-order valence-electron chi connectivity index (χ1n) is 4.37. The van der Waals surface area contributed by atoms with Gasteiger partial charge in [0.1, 0.15) is 11.4 Å². The molecule has 2 rings (SSSR count). The normalized spacial score (nSPS) is 41.6. The molecule has 1 amide bonds. The van der Waals surface area contributed by atoms with E-state index in [2.05, 4.69) is 0 Å². The van der Waals surface area contributed by atoms with E-state index in [-0.39, 0.29) is 17.8 Å². The molecule has 78 valence electrons. The smallest absolute Gasteiger partial charge is 0.312 e. The van der Waals surface area contributed by atoms with E-state index >= 15 is 0 Å². The van der Waals surface area contributed by atoms with Crippen LogP contribution in [-0.2, 0) is 9.59 Å². The molecule has 3 N–H and O–H groups in total. The minimum absolute atomic E-state index is 0.00470. The van der Waals surface area contributed by atoms with Crippen molar-refractivity contribution in [1.29, 1.82) is 0 Å². The van der Waals surface area contributed by atoms with E-state index in [4.69, 9.17) is 10.8 Å². The van der Waals surface area contributed by atoms with Crippen molar-refractivity contribution < 1.29 is 14.7 Å². The number of fused-ring (bicyclic) bond motifs is 1. The van der Waals surface area contributed by atoms with Crippen molar-refractivity contribution in [2.45, 2.75) is 18.3 Å². The maximum Gasteiger partial charge on any atom is 0.312 e. The van der Waals surface area contributed by atoms with Crippen LogP contribution in [-0.4, -0.2) is 45.6 Å². The number of carbonyl (C=O) groups excluding carboxylic acids is 1. The fourth-order valence-corrected chi connectivity index (χ4v) is 3.17. The van der Waals surface area contributed by atoms with Crippen LogP contribution in [0.5, 0.6) is 0 Å². The molecule has 0 radical (unpaired) electrons. The van der Waals surface area contributed by atoms with Crippen molar-refractivity contribution in [3.8, 4) is 0 Å². The summed E-state index contributed by atoms with van der Waals surface area (Å²) < 4.78 is 0. The molecule has 0 spiro atoms. The largest absolute Gasteiger partial charge is 0.481 e. The summed E-state index contributed by atoms with van der Waals surface area (Å²) in [6.07, 6.45) is 0. The van der Waals surface area contributed by atoms with Gasteiger partial charge in [-0.3, -0.25) is 9.59 Å². The molecule has 14 heavy (non-hydrogen) atoms. The number of thioether (sulfide) groups is 1. The average molecular weight is 216 g/mol. The highest BCUT2D eigenvalue weighted by atomic mass is 32.2. The second-order valence-electron chi connectivity index (χ2n) is 4.06. The molecule has 2 saturated heterocycles. The lowest BCUT2D eigenvalue weighted by atomic mass is 9.90. The first-order valence-corrected chi connectivity index (χ1v) is 5.42. The molecule has 5 nitrogen and oxygen atoms in total. The summed E-state index contributed by atoms with van der Waals surface area (Å²) >= 11 is 1.46. The number of nitrogens with zero attached hydrogens (tertiary/aromatic N) is 1. The summed E-state index contributed by atoms with van der Waals surface area (Å²) in [7, 11) is 0. The van der Waals surface area contributed by atoms with Crippen LogP contribution in [0.25, 0.3) is 0 Å². The number of carbonyl (C=O) groups is 2. The molecule has 2 aliphatic rings. The molecule has 0 aromatic rings. The number of hydrogen-bond donors (Lipinski definition) is 2. The Balaban J connectivity index is 2.12. The summed E-state index contributed by atoms with van der Waals surface area (Å²) in [5.74, 6) is -0.462. The Morgan fingerprint density at radius 2 is 2.43 bits per heavy atom. The van der Waals surface area contributed by atoms with E-state index in [9.17, 15) is 9.59 Å². The fourth-order valence-electron chi connectivity index (χ4n) is 1.73. The topological polar surface area (TPSA) is 83.6 Å². The Kier molecular flexibility index (Phi) is 2.01. The van der Waals surface area contributed by atoms with Crippen LogP contribution in [0, 0.1) is 5.41 Å². The number of aliphatic carboxylic acids is 1. The third-order valence-electron chi connectivity index (χ3n) is 2.79. The highest BCUT2D eigenvalue weighted by Gasteiger charge is 2.53. The number of β-lactam (4-membered cyclic amide) rings is 1. The van der Waals surface area contributed by atoms with Crippen LogP contribution in [0.3, 0.4) is 0 Å². The van der Waals surface area contributed by atoms with E-state index < -0.39 is 17.4 Å². The van der Waals surface area contributed by atoms with Gasteiger partial charge in [0.05, 0.1) is 5.41 Å². The molecule has 3 atom stereocenters. The van der Waals surface area contributed by atoms with Crippen molar-refractivity contribution in [3.05, 3.63) is 0 Å². The molecule has 0 bridgehead atoms. The summed E-state index contributed by atoms with van der Waals surface area (Å²) in [6.45, 7) is 1.95. The van der Waals surface area contributed by atoms with Gasteiger partial charge in [-0.1, -0.05) is 0 Å². The Morgan fingerprint density at radius 3 is 3.00 bits per heavy atom. The maximum atomic E-state index is 11.3. The zero-order valence-electron chi connectivity index (χ0n) is 7.77. The zero-order valence-corrected chi connectivity index (χ0v) is 8.58. The van der Waals surface area contributed by atoms with E-state index in [0.29, 0.717) is 5.75 Å². The molecule has 2 heterocycles. The van der Waals surface area contributed by atoms with Gasteiger partial charge in [0.2, 0.25) is 5.91 Å². The summed E-state index contributed by atoms with van der Waals surface area (Å²) in [6, 6.07) is -0.432. The number of nitrogens with two attached hydrogens (primary N) is 1. The minimum Gasteiger partial charge on any atom is -0.481 e. The monoisotopic (exact) mass is 216 g/mol. The third kappa shape index (κ3) is 1.14. The Morgan fingerprint density at radius 1 is 1.79 bits per heavy atom. The van der Waals surface area contributed by atoms with Crippen molar-refractivity contribution in [2.75, 3.05) is 12.3 Å². The van der Waals surface area contributed by atoms with Crippen molar-refractivity contribution >= 4 is 23.6 Å². The summed E-state index contributed by atoms with van der Waals surface area (Å²) in [5.41, 5.74) is 4.76. The fraction of sp³-hybridized carbons (Fsp3) is 0.750. The number of hydrogen-bond acceptors (Lipinski definition) is 4. The zero-order chi connectivity index (χ0) is 10.5. The standard InChI is InChI=1S/C8H12N2O3S/c1-8(7(12)13)2-10-5(11)4(9)6(10)14-3-8/h4,6H,2-3,9H2,1H3,(H,12,13)/t4?,6-,8?/m1/s1.